The zero-order chi connectivity index (χ0) is 12.5. The summed E-state index contributed by atoms with van der Waals surface area (Å²) in [5.41, 5.74) is 12.4. The Labute approximate surface area is 104 Å². The molecule has 0 aromatic heterocycles. The van der Waals surface area contributed by atoms with Gasteiger partial charge in [-0.05, 0) is 27.8 Å². The molecule has 0 heterocycles. The average molecular weight is 237 g/mol. The molecule has 0 bridgehead atoms. The molecule has 88 valence electrons. The number of hydrogen-bond acceptors (Lipinski definition) is 2. The monoisotopic (exact) mass is 237 g/mol. The van der Waals surface area contributed by atoms with Crippen molar-refractivity contribution in [3.8, 4) is 11.1 Å². The van der Waals surface area contributed by atoms with Crippen molar-refractivity contribution in [3.63, 3.8) is 0 Å². The number of azide groups is 1. The van der Waals surface area contributed by atoms with Crippen molar-refractivity contribution < 1.29 is 5.11 Å². The van der Waals surface area contributed by atoms with E-state index < -0.39 is 12.1 Å². The van der Waals surface area contributed by atoms with E-state index in [0.717, 1.165) is 22.3 Å². The summed E-state index contributed by atoms with van der Waals surface area (Å²) in [6, 6.07) is 14.8. The first-order chi connectivity index (χ1) is 8.83. The maximum absolute atomic E-state index is 10.3. The van der Waals surface area contributed by atoms with Gasteiger partial charge in [0.25, 0.3) is 0 Å². The highest BCUT2D eigenvalue weighted by molar-refractivity contribution is 5.74. The van der Waals surface area contributed by atoms with Gasteiger partial charge < -0.3 is 5.11 Å². The molecule has 0 unspecified atom stereocenters. The molecule has 1 aliphatic rings. The van der Waals surface area contributed by atoms with Crippen LogP contribution in [0.3, 0.4) is 0 Å². The Kier molecular flexibility index (Phi) is 2.52. The minimum atomic E-state index is -0.785. The lowest BCUT2D eigenvalue weighted by Gasteiger charge is -2.29. The first-order valence-corrected chi connectivity index (χ1v) is 5.73. The van der Waals surface area contributed by atoms with E-state index in [1.807, 2.05) is 48.5 Å². The molecule has 2 aromatic carbocycles. The molecule has 4 nitrogen and oxygen atoms in total. The minimum Gasteiger partial charge on any atom is -0.388 e. The number of fused-ring (bicyclic) bond motifs is 3. The fourth-order valence-electron chi connectivity index (χ4n) is 2.52. The van der Waals surface area contributed by atoms with Crippen LogP contribution >= 0.6 is 0 Å². The predicted octanol–water partition coefficient (Wildman–Crippen LogP) is 3.75. The van der Waals surface area contributed by atoms with E-state index in [4.69, 9.17) is 5.53 Å². The smallest absolute Gasteiger partial charge is 0.0932 e. The van der Waals surface area contributed by atoms with Crippen LogP contribution in [-0.4, -0.2) is 5.11 Å². The van der Waals surface area contributed by atoms with Crippen LogP contribution in [0.4, 0.5) is 0 Å². The number of aliphatic hydroxyl groups excluding tert-OH is 1. The number of benzene rings is 2. The molecule has 0 fully saturated rings. The molecular formula is C14H11N3O. The minimum absolute atomic E-state index is 0.555. The summed E-state index contributed by atoms with van der Waals surface area (Å²) >= 11 is 0. The lowest BCUT2D eigenvalue weighted by molar-refractivity contribution is 0.145. The highest BCUT2D eigenvalue weighted by Crippen LogP contribution is 2.45. The molecule has 1 N–H and O–H groups in total. The van der Waals surface area contributed by atoms with Crippen molar-refractivity contribution >= 4 is 0 Å². The fraction of sp³-hybridized carbons (Fsp3) is 0.143. The topological polar surface area (TPSA) is 69.0 Å². The SMILES string of the molecule is [N-]=[N+]=N[C@H]1c2ccccc2-c2ccccc2[C@@H]1O. The van der Waals surface area contributed by atoms with Crippen molar-refractivity contribution in [2.24, 2.45) is 5.11 Å². The summed E-state index contributed by atoms with van der Waals surface area (Å²) < 4.78 is 0. The van der Waals surface area contributed by atoms with Crippen molar-refractivity contribution in [2.75, 3.05) is 0 Å². The van der Waals surface area contributed by atoms with Gasteiger partial charge in [-0.15, -0.1) is 0 Å². The quantitative estimate of drug-likeness (QED) is 0.458. The van der Waals surface area contributed by atoms with Gasteiger partial charge in [-0.1, -0.05) is 53.6 Å². The first-order valence-electron chi connectivity index (χ1n) is 5.73. The second-order valence-corrected chi connectivity index (χ2v) is 4.27. The Morgan fingerprint density at radius 3 is 2.17 bits per heavy atom. The van der Waals surface area contributed by atoms with E-state index in [1.165, 1.54) is 0 Å². The number of aliphatic hydroxyl groups is 1. The first kappa shape index (κ1) is 10.8. The Morgan fingerprint density at radius 1 is 0.944 bits per heavy atom. The Hall–Kier alpha value is -2.29. The maximum Gasteiger partial charge on any atom is 0.0932 e. The van der Waals surface area contributed by atoms with Gasteiger partial charge in [-0.25, -0.2) is 0 Å². The standard InChI is InChI=1S/C14H11N3O/c15-17-16-13-11-7-3-1-5-9(11)10-6-2-4-8-12(10)14(13)18/h1-8,13-14,18H/t13-,14-/m0/s1. The molecular weight excluding hydrogens is 226 g/mol. The molecule has 2 atom stereocenters. The summed E-state index contributed by atoms with van der Waals surface area (Å²) in [7, 11) is 0. The van der Waals surface area contributed by atoms with Gasteiger partial charge in [0.15, 0.2) is 0 Å². The molecule has 0 saturated heterocycles. The Morgan fingerprint density at radius 2 is 1.50 bits per heavy atom. The molecule has 2 aromatic rings. The van der Waals surface area contributed by atoms with Gasteiger partial charge >= 0.3 is 0 Å². The number of nitrogens with zero attached hydrogens (tertiary/aromatic N) is 3. The van der Waals surface area contributed by atoms with Crippen molar-refractivity contribution in [1.29, 1.82) is 0 Å². The summed E-state index contributed by atoms with van der Waals surface area (Å²) in [5.74, 6) is 0. The highest BCUT2D eigenvalue weighted by Gasteiger charge is 2.31. The number of rotatable bonds is 1. The van der Waals surface area contributed by atoms with Gasteiger partial charge in [0.2, 0.25) is 0 Å². The van der Waals surface area contributed by atoms with Gasteiger partial charge in [-0.3, -0.25) is 0 Å². The van der Waals surface area contributed by atoms with Gasteiger partial charge in [0.05, 0.1) is 12.1 Å². The Balaban J connectivity index is 2.31. The van der Waals surface area contributed by atoms with Crippen LogP contribution in [0.25, 0.3) is 21.6 Å². The maximum atomic E-state index is 10.3. The summed E-state index contributed by atoms with van der Waals surface area (Å²) in [6.07, 6.45) is -0.785. The van der Waals surface area contributed by atoms with Crippen LogP contribution < -0.4 is 0 Å². The van der Waals surface area contributed by atoms with Crippen LogP contribution in [0.5, 0.6) is 0 Å². The molecule has 1 aliphatic carbocycles. The second kappa shape index (κ2) is 4.18. The second-order valence-electron chi connectivity index (χ2n) is 4.27. The third kappa shape index (κ3) is 1.48. The van der Waals surface area contributed by atoms with Gasteiger partial charge in [0, 0.05) is 4.91 Å². The van der Waals surface area contributed by atoms with Crippen molar-refractivity contribution in [2.45, 2.75) is 12.1 Å². The van der Waals surface area contributed by atoms with Crippen LogP contribution in [0, 0.1) is 0 Å². The van der Waals surface area contributed by atoms with E-state index in [9.17, 15) is 5.11 Å². The van der Waals surface area contributed by atoms with Crippen LogP contribution in [0.2, 0.25) is 0 Å². The van der Waals surface area contributed by atoms with Gasteiger partial charge in [-0.2, -0.15) is 0 Å². The van der Waals surface area contributed by atoms with E-state index in [2.05, 4.69) is 10.0 Å². The van der Waals surface area contributed by atoms with E-state index in [-0.39, 0.29) is 0 Å². The third-order valence-electron chi connectivity index (χ3n) is 3.32. The van der Waals surface area contributed by atoms with Crippen molar-refractivity contribution in [3.05, 3.63) is 70.1 Å². The zero-order valence-electron chi connectivity index (χ0n) is 9.56. The van der Waals surface area contributed by atoms with Crippen LogP contribution in [-0.2, 0) is 0 Å². The van der Waals surface area contributed by atoms with Gasteiger partial charge in [0.1, 0.15) is 0 Å². The van der Waals surface area contributed by atoms with Crippen molar-refractivity contribution in [1.82, 2.24) is 0 Å². The highest BCUT2D eigenvalue weighted by atomic mass is 16.3. The third-order valence-corrected chi connectivity index (χ3v) is 3.32. The summed E-state index contributed by atoms with van der Waals surface area (Å²) in [4.78, 5) is 2.85. The molecule has 0 saturated carbocycles. The molecule has 0 aliphatic heterocycles. The van der Waals surface area contributed by atoms with E-state index in [0.29, 0.717) is 0 Å². The Bertz CT molecular complexity index is 647. The van der Waals surface area contributed by atoms with E-state index >= 15 is 0 Å². The predicted molar refractivity (Wildman–Crippen MR) is 68.7 cm³/mol. The molecule has 0 amide bonds. The summed E-state index contributed by atoms with van der Waals surface area (Å²) in [6.45, 7) is 0. The number of hydrogen-bond donors (Lipinski definition) is 1. The normalized spacial score (nSPS) is 20.5. The molecule has 4 heteroatoms. The van der Waals surface area contributed by atoms with Crippen LogP contribution in [0.1, 0.15) is 23.3 Å². The molecule has 3 rings (SSSR count). The zero-order valence-corrected chi connectivity index (χ0v) is 9.56. The summed E-state index contributed by atoms with van der Waals surface area (Å²) in [5, 5.41) is 14.1. The fourth-order valence-corrected chi connectivity index (χ4v) is 2.52. The van der Waals surface area contributed by atoms with E-state index in [1.54, 1.807) is 0 Å². The molecule has 18 heavy (non-hydrogen) atoms. The lowest BCUT2D eigenvalue weighted by atomic mass is 9.81. The average Bonchev–Trinajstić information content (AvgIpc) is 2.43. The largest absolute Gasteiger partial charge is 0.388 e. The lowest BCUT2D eigenvalue weighted by Crippen LogP contribution is -2.15. The molecule has 0 spiro atoms. The van der Waals surface area contributed by atoms with Crippen LogP contribution in [0.15, 0.2) is 53.6 Å². The molecule has 0 radical (unpaired) electrons.